The van der Waals surface area contributed by atoms with Crippen LogP contribution in [0, 0.1) is 5.82 Å². The Morgan fingerprint density at radius 2 is 2.06 bits per heavy atom. The van der Waals surface area contributed by atoms with Gasteiger partial charge in [-0.3, -0.25) is 9.78 Å². The van der Waals surface area contributed by atoms with E-state index in [1.165, 1.54) is 6.20 Å². The molecule has 0 radical (unpaired) electrons. The van der Waals surface area contributed by atoms with Crippen molar-refractivity contribution in [2.24, 2.45) is 0 Å². The first-order valence-electron chi connectivity index (χ1n) is 4.59. The highest BCUT2D eigenvalue weighted by atomic mass is 19.4. The van der Waals surface area contributed by atoms with Gasteiger partial charge in [0.15, 0.2) is 11.6 Å². The second-order valence-electron chi connectivity index (χ2n) is 3.25. The topological polar surface area (TPSA) is 30.0 Å². The Labute approximate surface area is 89.3 Å². The molecule has 0 N–H and O–H groups in total. The molecule has 6 heteroatoms. The van der Waals surface area contributed by atoms with E-state index in [2.05, 4.69) is 4.98 Å². The van der Waals surface area contributed by atoms with Crippen LogP contribution in [0.1, 0.15) is 29.6 Å². The fraction of sp³-hybridized carbons (Fsp3) is 0.400. The Kier molecular flexibility index (Phi) is 3.98. The monoisotopic (exact) mass is 235 g/mol. The van der Waals surface area contributed by atoms with Crippen molar-refractivity contribution in [3.05, 3.63) is 29.8 Å². The highest BCUT2D eigenvalue weighted by Crippen LogP contribution is 2.23. The summed E-state index contributed by atoms with van der Waals surface area (Å²) < 4.78 is 48.4. The molecule has 0 bridgehead atoms. The van der Waals surface area contributed by atoms with Gasteiger partial charge in [0.1, 0.15) is 0 Å². The smallest absolute Gasteiger partial charge is 0.294 e. The maximum absolute atomic E-state index is 13.0. The van der Waals surface area contributed by atoms with Crippen LogP contribution < -0.4 is 0 Å². The van der Waals surface area contributed by atoms with Crippen molar-refractivity contribution in [1.29, 1.82) is 0 Å². The van der Waals surface area contributed by atoms with E-state index in [0.717, 1.165) is 12.3 Å². The van der Waals surface area contributed by atoms with Crippen molar-refractivity contribution in [2.45, 2.75) is 25.4 Å². The summed E-state index contributed by atoms with van der Waals surface area (Å²) in [6.07, 6.45) is -3.88. The standard InChI is InChI=1S/C10H9F4NO/c11-8-6-15-5-3-7(8)9(16)2-1-4-10(12,13)14/h3,5-6H,1-2,4H2. The van der Waals surface area contributed by atoms with Crippen molar-refractivity contribution in [1.82, 2.24) is 4.98 Å². The number of Topliss-reactive ketones (excluding diaryl/α,β-unsaturated/α-hetero) is 1. The van der Waals surface area contributed by atoms with E-state index in [1.54, 1.807) is 0 Å². The molecule has 0 aliphatic heterocycles. The molecule has 0 aliphatic carbocycles. The lowest BCUT2D eigenvalue weighted by atomic mass is 10.1. The molecule has 0 saturated heterocycles. The minimum atomic E-state index is -4.28. The zero-order valence-corrected chi connectivity index (χ0v) is 8.22. The van der Waals surface area contributed by atoms with Gasteiger partial charge in [0.05, 0.1) is 11.8 Å². The van der Waals surface area contributed by atoms with Gasteiger partial charge in [-0.15, -0.1) is 0 Å². The van der Waals surface area contributed by atoms with E-state index in [9.17, 15) is 22.4 Å². The number of nitrogens with zero attached hydrogens (tertiary/aromatic N) is 1. The third kappa shape index (κ3) is 3.96. The van der Waals surface area contributed by atoms with Gasteiger partial charge in [0.25, 0.3) is 0 Å². The number of carbonyl (C=O) groups is 1. The van der Waals surface area contributed by atoms with E-state index in [0.29, 0.717) is 0 Å². The number of carbonyl (C=O) groups excluding carboxylic acids is 1. The minimum absolute atomic E-state index is 0.211. The van der Waals surface area contributed by atoms with Crippen LogP contribution >= 0.6 is 0 Å². The Morgan fingerprint density at radius 3 is 2.62 bits per heavy atom. The van der Waals surface area contributed by atoms with Gasteiger partial charge in [0, 0.05) is 19.0 Å². The van der Waals surface area contributed by atoms with Crippen molar-refractivity contribution in [3.8, 4) is 0 Å². The Morgan fingerprint density at radius 1 is 1.38 bits per heavy atom. The van der Waals surface area contributed by atoms with Crippen LogP contribution in [0.4, 0.5) is 17.6 Å². The van der Waals surface area contributed by atoms with Crippen LogP contribution in [-0.4, -0.2) is 16.9 Å². The lowest BCUT2D eigenvalue weighted by Gasteiger charge is -2.05. The zero-order chi connectivity index (χ0) is 12.2. The summed E-state index contributed by atoms with van der Waals surface area (Å²) in [7, 11) is 0. The van der Waals surface area contributed by atoms with Crippen molar-refractivity contribution >= 4 is 5.78 Å². The number of halogens is 4. The first kappa shape index (κ1) is 12.6. The summed E-state index contributed by atoms with van der Waals surface area (Å²) in [5.41, 5.74) is -0.211. The van der Waals surface area contributed by atoms with Gasteiger partial charge in [-0.1, -0.05) is 0 Å². The van der Waals surface area contributed by atoms with E-state index >= 15 is 0 Å². The van der Waals surface area contributed by atoms with Crippen LogP contribution in [-0.2, 0) is 0 Å². The van der Waals surface area contributed by atoms with Crippen LogP contribution in [0.25, 0.3) is 0 Å². The largest absolute Gasteiger partial charge is 0.389 e. The van der Waals surface area contributed by atoms with Crippen LogP contribution in [0.2, 0.25) is 0 Å². The molecule has 1 aromatic heterocycles. The number of rotatable bonds is 4. The van der Waals surface area contributed by atoms with Crippen molar-refractivity contribution < 1.29 is 22.4 Å². The number of aromatic nitrogens is 1. The molecule has 16 heavy (non-hydrogen) atoms. The molecule has 0 unspecified atom stereocenters. The molecule has 0 fully saturated rings. The van der Waals surface area contributed by atoms with E-state index in [1.807, 2.05) is 0 Å². The zero-order valence-electron chi connectivity index (χ0n) is 8.22. The van der Waals surface area contributed by atoms with Crippen molar-refractivity contribution in [2.75, 3.05) is 0 Å². The highest BCUT2D eigenvalue weighted by Gasteiger charge is 2.26. The summed E-state index contributed by atoms with van der Waals surface area (Å²) in [5.74, 6) is -1.44. The minimum Gasteiger partial charge on any atom is -0.294 e. The second-order valence-corrected chi connectivity index (χ2v) is 3.25. The maximum atomic E-state index is 13.0. The molecular weight excluding hydrogens is 226 g/mol. The van der Waals surface area contributed by atoms with Crippen molar-refractivity contribution in [3.63, 3.8) is 0 Å². The number of pyridine rings is 1. The Bertz CT molecular complexity index is 375. The Hall–Kier alpha value is -1.46. The normalized spacial score (nSPS) is 11.5. The fourth-order valence-electron chi connectivity index (χ4n) is 1.19. The van der Waals surface area contributed by atoms with Crippen LogP contribution in [0.15, 0.2) is 18.5 Å². The summed E-state index contributed by atoms with van der Waals surface area (Å²) in [6.45, 7) is 0. The average Bonchev–Trinajstić information content (AvgIpc) is 2.16. The van der Waals surface area contributed by atoms with E-state index < -0.39 is 24.2 Å². The molecule has 1 aromatic rings. The molecule has 88 valence electrons. The first-order chi connectivity index (χ1) is 7.40. The van der Waals surface area contributed by atoms with Gasteiger partial charge in [-0.05, 0) is 12.5 Å². The predicted molar refractivity (Wildman–Crippen MR) is 48.4 cm³/mol. The Balaban J connectivity index is 2.51. The first-order valence-corrected chi connectivity index (χ1v) is 4.59. The third-order valence-electron chi connectivity index (χ3n) is 1.94. The summed E-state index contributed by atoms with van der Waals surface area (Å²) in [4.78, 5) is 14.8. The van der Waals surface area contributed by atoms with Gasteiger partial charge >= 0.3 is 6.18 Å². The highest BCUT2D eigenvalue weighted by molar-refractivity contribution is 5.96. The lowest BCUT2D eigenvalue weighted by Crippen LogP contribution is -2.09. The molecular formula is C10H9F4NO. The molecule has 2 nitrogen and oxygen atoms in total. The van der Waals surface area contributed by atoms with Gasteiger partial charge < -0.3 is 0 Å². The third-order valence-corrected chi connectivity index (χ3v) is 1.94. The van der Waals surface area contributed by atoms with Gasteiger partial charge in [0.2, 0.25) is 0 Å². The second kappa shape index (κ2) is 5.05. The molecule has 1 heterocycles. The number of hydrogen-bond donors (Lipinski definition) is 0. The number of ketones is 1. The molecule has 0 aliphatic rings. The summed E-state index contributed by atoms with van der Waals surface area (Å²) in [5, 5.41) is 0. The number of alkyl halides is 3. The molecule has 0 saturated carbocycles. The SMILES string of the molecule is O=C(CCCC(F)(F)F)c1ccncc1F. The summed E-state index contributed by atoms with van der Waals surface area (Å²) in [6, 6.07) is 1.16. The number of hydrogen-bond acceptors (Lipinski definition) is 2. The average molecular weight is 235 g/mol. The molecule has 0 spiro atoms. The molecule has 0 aromatic carbocycles. The van der Waals surface area contributed by atoms with Crippen LogP contribution in [0.5, 0.6) is 0 Å². The maximum Gasteiger partial charge on any atom is 0.389 e. The van der Waals surface area contributed by atoms with E-state index in [-0.39, 0.29) is 18.4 Å². The van der Waals surface area contributed by atoms with E-state index in [4.69, 9.17) is 0 Å². The fourth-order valence-corrected chi connectivity index (χ4v) is 1.19. The summed E-state index contributed by atoms with van der Waals surface area (Å²) >= 11 is 0. The van der Waals surface area contributed by atoms with Gasteiger partial charge in [-0.2, -0.15) is 13.2 Å². The lowest BCUT2D eigenvalue weighted by molar-refractivity contribution is -0.135. The quantitative estimate of drug-likeness (QED) is 0.592. The predicted octanol–water partition coefficient (Wildman–Crippen LogP) is 3.14. The van der Waals surface area contributed by atoms with Gasteiger partial charge in [-0.25, -0.2) is 4.39 Å². The molecule has 0 amide bonds. The molecule has 1 rings (SSSR count). The van der Waals surface area contributed by atoms with Crippen LogP contribution in [0.3, 0.4) is 0 Å². The molecule has 0 atom stereocenters.